The quantitative estimate of drug-likeness (QED) is 0.667. The first kappa shape index (κ1) is 11.9. The van der Waals surface area contributed by atoms with Crippen LogP contribution in [0.5, 0.6) is 0 Å². The van der Waals surface area contributed by atoms with Gasteiger partial charge in [0.1, 0.15) is 0 Å². The van der Waals surface area contributed by atoms with Crippen LogP contribution >= 0.6 is 0 Å². The Morgan fingerprint density at radius 2 is 1.80 bits per heavy atom. The van der Waals surface area contributed by atoms with E-state index >= 15 is 0 Å². The minimum atomic E-state index is -1.51. The van der Waals surface area contributed by atoms with Gasteiger partial charge in [-0.2, -0.15) is 8.78 Å². The summed E-state index contributed by atoms with van der Waals surface area (Å²) in [5.41, 5.74) is 1.24. The summed E-state index contributed by atoms with van der Waals surface area (Å²) in [6.45, 7) is 2.01. The van der Waals surface area contributed by atoms with Gasteiger partial charge in [0.2, 0.25) is 0 Å². The number of benzene rings is 1. The van der Waals surface area contributed by atoms with Gasteiger partial charge in [-0.05, 0) is 30.4 Å². The second-order valence-corrected chi connectivity index (χ2v) is 3.63. The Bertz CT molecular complexity index is 311. The van der Waals surface area contributed by atoms with Crippen molar-refractivity contribution in [3.63, 3.8) is 0 Å². The molecule has 0 aliphatic carbocycles. The van der Waals surface area contributed by atoms with Crippen LogP contribution in [0.15, 0.2) is 42.0 Å². The van der Waals surface area contributed by atoms with Crippen LogP contribution in [0.3, 0.4) is 0 Å². The average molecular weight is 210 g/mol. The predicted octanol–water partition coefficient (Wildman–Crippen LogP) is 4.57. The molecule has 0 atom stereocenters. The molecule has 1 aromatic carbocycles. The molecule has 0 amide bonds. The number of hydrogen-bond acceptors (Lipinski definition) is 0. The van der Waals surface area contributed by atoms with E-state index in [1.54, 1.807) is 0 Å². The van der Waals surface area contributed by atoms with Crippen molar-refractivity contribution in [2.45, 2.75) is 32.6 Å². The van der Waals surface area contributed by atoms with Gasteiger partial charge < -0.3 is 0 Å². The Kier molecular flexibility index (Phi) is 5.02. The number of rotatable bonds is 5. The van der Waals surface area contributed by atoms with E-state index in [0.717, 1.165) is 18.4 Å². The highest BCUT2D eigenvalue weighted by Crippen LogP contribution is 2.19. The monoisotopic (exact) mass is 210 g/mol. The maximum Gasteiger partial charge on any atom is 0.269 e. The van der Waals surface area contributed by atoms with Crippen molar-refractivity contribution in [2.75, 3.05) is 0 Å². The molecule has 0 unspecified atom stereocenters. The van der Waals surface area contributed by atoms with Crippen LogP contribution in [-0.2, 0) is 6.42 Å². The highest BCUT2D eigenvalue weighted by molar-refractivity contribution is 5.22. The molecule has 0 aliphatic heterocycles. The van der Waals surface area contributed by atoms with Gasteiger partial charge in [0.25, 0.3) is 6.08 Å². The summed E-state index contributed by atoms with van der Waals surface area (Å²) in [5.74, 6) is 0. The summed E-state index contributed by atoms with van der Waals surface area (Å²) in [6.07, 6.45) is 1.16. The Morgan fingerprint density at radius 1 is 1.13 bits per heavy atom. The van der Waals surface area contributed by atoms with E-state index in [1.807, 2.05) is 37.3 Å². The van der Waals surface area contributed by atoms with Crippen LogP contribution in [0.25, 0.3) is 0 Å². The zero-order valence-corrected chi connectivity index (χ0v) is 8.97. The van der Waals surface area contributed by atoms with Crippen LogP contribution in [-0.4, -0.2) is 0 Å². The second kappa shape index (κ2) is 6.33. The SMILES string of the molecule is CCCCC(Cc1ccccc1)=C(F)F. The van der Waals surface area contributed by atoms with Gasteiger partial charge in [-0.1, -0.05) is 43.7 Å². The van der Waals surface area contributed by atoms with Gasteiger partial charge in [0.15, 0.2) is 0 Å². The molecule has 0 aliphatic rings. The summed E-state index contributed by atoms with van der Waals surface area (Å²) in [7, 11) is 0. The highest BCUT2D eigenvalue weighted by Gasteiger charge is 2.06. The fraction of sp³-hybridized carbons (Fsp3) is 0.385. The Morgan fingerprint density at radius 3 is 2.33 bits per heavy atom. The molecule has 0 N–H and O–H groups in total. The molecule has 82 valence electrons. The Hall–Kier alpha value is -1.18. The summed E-state index contributed by atoms with van der Waals surface area (Å²) in [6, 6.07) is 9.42. The molecule has 0 fully saturated rings. The Labute approximate surface area is 89.6 Å². The Balaban J connectivity index is 2.64. The lowest BCUT2D eigenvalue weighted by Gasteiger charge is -2.05. The molecule has 0 saturated heterocycles. The summed E-state index contributed by atoms with van der Waals surface area (Å²) in [4.78, 5) is 0. The molecule has 0 radical (unpaired) electrons. The second-order valence-electron chi connectivity index (χ2n) is 3.63. The molecule has 1 rings (SSSR count). The standard InChI is InChI=1S/C13H16F2/c1-2-3-9-12(13(14)15)10-11-7-5-4-6-8-11/h4-8H,2-3,9-10H2,1H3. The van der Waals surface area contributed by atoms with E-state index in [2.05, 4.69) is 0 Å². The lowest BCUT2D eigenvalue weighted by molar-refractivity contribution is 0.404. The van der Waals surface area contributed by atoms with Gasteiger partial charge in [0.05, 0.1) is 0 Å². The van der Waals surface area contributed by atoms with Crippen LogP contribution in [0.4, 0.5) is 8.78 Å². The highest BCUT2D eigenvalue weighted by atomic mass is 19.3. The van der Waals surface area contributed by atoms with E-state index in [1.165, 1.54) is 0 Å². The van der Waals surface area contributed by atoms with Gasteiger partial charge in [-0.15, -0.1) is 0 Å². The van der Waals surface area contributed by atoms with Crippen molar-refractivity contribution >= 4 is 0 Å². The zero-order chi connectivity index (χ0) is 11.1. The normalized spacial score (nSPS) is 10.1. The third kappa shape index (κ3) is 4.24. The van der Waals surface area contributed by atoms with Crippen molar-refractivity contribution in [1.29, 1.82) is 0 Å². The molecule has 2 heteroatoms. The van der Waals surface area contributed by atoms with Crippen molar-refractivity contribution in [2.24, 2.45) is 0 Å². The minimum Gasteiger partial charge on any atom is -0.173 e. The summed E-state index contributed by atoms with van der Waals surface area (Å²) >= 11 is 0. The van der Waals surface area contributed by atoms with Crippen LogP contribution in [0.2, 0.25) is 0 Å². The number of halogens is 2. The van der Waals surface area contributed by atoms with Gasteiger partial charge >= 0.3 is 0 Å². The van der Waals surface area contributed by atoms with Crippen molar-refractivity contribution in [1.82, 2.24) is 0 Å². The average Bonchev–Trinajstić information content (AvgIpc) is 2.25. The van der Waals surface area contributed by atoms with Crippen LogP contribution < -0.4 is 0 Å². The van der Waals surface area contributed by atoms with Crippen LogP contribution in [0, 0.1) is 0 Å². The van der Waals surface area contributed by atoms with Crippen molar-refractivity contribution < 1.29 is 8.78 Å². The summed E-state index contributed by atoms with van der Waals surface area (Å²) in [5, 5.41) is 0. The fourth-order valence-corrected chi connectivity index (χ4v) is 1.48. The topological polar surface area (TPSA) is 0 Å². The van der Waals surface area contributed by atoms with Gasteiger partial charge in [0, 0.05) is 0 Å². The number of allylic oxidation sites excluding steroid dienone is 1. The third-order valence-electron chi connectivity index (χ3n) is 2.36. The predicted molar refractivity (Wildman–Crippen MR) is 58.9 cm³/mol. The van der Waals surface area contributed by atoms with E-state index in [9.17, 15) is 8.78 Å². The minimum absolute atomic E-state index is 0.281. The van der Waals surface area contributed by atoms with E-state index in [0.29, 0.717) is 12.8 Å². The van der Waals surface area contributed by atoms with Crippen LogP contribution in [0.1, 0.15) is 31.7 Å². The lowest BCUT2D eigenvalue weighted by Crippen LogP contribution is -1.92. The molecule has 0 spiro atoms. The molecular formula is C13H16F2. The maximum atomic E-state index is 12.6. The molecule has 0 nitrogen and oxygen atoms in total. The van der Waals surface area contributed by atoms with E-state index in [-0.39, 0.29) is 5.57 Å². The fourth-order valence-electron chi connectivity index (χ4n) is 1.48. The van der Waals surface area contributed by atoms with E-state index in [4.69, 9.17) is 0 Å². The molecule has 0 saturated carbocycles. The molecule has 0 heterocycles. The third-order valence-corrected chi connectivity index (χ3v) is 2.36. The molecule has 15 heavy (non-hydrogen) atoms. The molecule has 1 aromatic rings. The molecule has 0 aromatic heterocycles. The smallest absolute Gasteiger partial charge is 0.173 e. The number of unbranched alkanes of at least 4 members (excludes halogenated alkanes) is 1. The number of hydrogen-bond donors (Lipinski definition) is 0. The summed E-state index contributed by atoms with van der Waals surface area (Å²) < 4.78 is 25.2. The van der Waals surface area contributed by atoms with Crippen molar-refractivity contribution in [3.05, 3.63) is 47.5 Å². The largest absolute Gasteiger partial charge is 0.269 e. The molecule has 0 bridgehead atoms. The maximum absolute atomic E-state index is 12.6. The lowest BCUT2D eigenvalue weighted by atomic mass is 10.0. The molecular weight excluding hydrogens is 194 g/mol. The van der Waals surface area contributed by atoms with Gasteiger partial charge in [-0.3, -0.25) is 0 Å². The zero-order valence-electron chi connectivity index (χ0n) is 8.97. The van der Waals surface area contributed by atoms with E-state index < -0.39 is 6.08 Å². The first-order valence-corrected chi connectivity index (χ1v) is 5.31. The first-order chi connectivity index (χ1) is 7.24. The van der Waals surface area contributed by atoms with Gasteiger partial charge in [-0.25, -0.2) is 0 Å². The van der Waals surface area contributed by atoms with Crippen molar-refractivity contribution in [3.8, 4) is 0 Å². The first-order valence-electron chi connectivity index (χ1n) is 5.31.